The maximum Gasteiger partial charge on any atom is 0.252 e. The van der Waals surface area contributed by atoms with Crippen LogP contribution in [0.2, 0.25) is 0 Å². The van der Waals surface area contributed by atoms with Gasteiger partial charge in [0.05, 0.1) is 12.2 Å². The summed E-state index contributed by atoms with van der Waals surface area (Å²) in [5, 5.41) is 0. The van der Waals surface area contributed by atoms with Crippen LogP contribution in [0.5, 0.6) is 0 Å². The van der Waals surface area contributed by atoms with E-state index in [1.165, 1.54) is 15.6 Å². The van der Waals surface area contributed by atoms with Gasteiger partial charge < -0.3 is 4.74 Å². The summed E-state index contributed by atoms with van der Waals surface area (Å²) in [6.45, 7) is 4.61. The third-order valence-electron chi connectivity index (χ3n) is 2.96. The highest BCUT2D eigenvalue weighted by Gasteiger charge is 2.32. The van der Waals surface area contributed by atoms with Crippen molar-refractivity contribution < 1.29 is 13.2 Å². The maximum absolute atomic E-state index is 12.5. The van der Waals surface area contributed by atoms with Gasteiger partial charge >= 0.3 is 0 Å². The SMILES string of the molecule is C[C@@H]1CN(S(=O)(=O)c2ccc(CCCl)s2)C[C@H](C)O1. The van der Waals surface area contributed by atoms with E-state index in [0.29, 0.717) is 29.6 Å². The van der Waals surface area contributed by atoms with Crippen LogP contribution in [0, 0.1) is 0 Å². The lowest BCUT2D eigenvalue weighted by Gasteiger charge is -2.34. The second-order valence-corrected chi connectivity index (χ2v) is 8.45. The molecule has 2 heterocycles. The molecule has 2 atom stereocenters. The van der Waals surface area contributed by atoms with Gasteiger partial charge in [-0.15, -0.1) is 22.9 Å². The van der Waals surface area contributed by atoms with Crippen molar-refractivity contribution in [3.05, 3.63) is 17.0 Å². The Balaban J connectivity index is 2.20. The number of ether oxygens (including phenoxy) is 1. The number of sulfonamides is 1. The summed E-state index contributed by atoms with van der Waals surface area (Å²) >= 11 is 6.98. The third-order valence-corrected chi connectivity index (χ3v) is 6.59. The maximum atomic E-state index is 12.5. The van der Waals surface area contributed by atoms with E-state index in [4.69, 9.17) is 16.3 Å². The molecule has 0 bridgehead atoms. The van der Waals surface area contributed by atoms with Crippen LogP contribution in [0.15, 0.2) is 16.3 Å². The van der Waals surface area contributed by atoms with Crippen LogP contribution in [0.3, 0.4) is 0 Å². The fourth-order valence-corrected chi connectivity index (χ4v) is 5.59. The van der Waals surface area contributed by atoms with Gasteiger partial charge in [-0.05, 0) is 32.4 Å². The van der Waals surface area contributed by atoms with Gasteiger partial charge in [-0.25, -0.2) is 8.42 Å². The van der Waals surface area contributed by atoms with Crippen molar-refractivity contribution in [3.63, 3.8) is 0 Å². The van der Waals surface area contributed by atoms with Crippen molar-refractivity contribution in [2.45, 2.75) is 36.7 Å². The number of nitrogens with zero attached hydrogens (tertiary/aromatic N) is 1. The minimum atomic E-state index is -3.40. The van der Waals surface area contributed by atoms with E-state index in [1.54, 1.807) is 6.07 Å². The van der Waals surface area contributed by atoms with Gasteiger partial charge in [-0.1, -0.05) is 0 Å². The Morgan fingerprint density at radius 1 is 1.37 bits per heavy atom. The summed E-state index contributed by atoms with van der Waals surface area (Å²) in [5.41, 5.74) is 0. The van der Waals surface area contributed by atoms with E-state index in [1.807, 2.05) is 19.9 Å². The summed E-state index contributed by atoms with van der Waals surface area (Å²) in [6, 6.07) is 3.51. The number of halogens is 1. The van der Waals surface area contributed by atoms with Crippen LogP contribution < -0.4 is 0 Å². The Morgan fingerprint density at radius 2 is 2.00 bits per heavy atom. The van der Waals surface area contributed by atoms with Crippen LogP contribution in [0.1, 0.15) is 18.7 Å². The number of hydrogen-bond acceptors (Lipinski definition) is 4. The molecule has 0 unspecified atom stereocenters. The van der Waals surface area contributed by atoms with Crippen LogP contribution in [-0.2, 0) is 21.2 Å². The first-order valence-corrected chi connectivity index (χ1v) is 9.03. The van der Waals surface area contributed by atoms with E-state index in [9.17, 15) is 8.42 Å². The normalized spacial score (nSPS) is 25.6. The molecule has 0 N–H and O–H groups in total. The topological polar surface area (TPSA) is 46.6 Å². The number of hydrogen-bond donors (Lipinski definition) is 0. The zero-order valence-electron chi connectivity index (χ0n) is 11.0. The Bertz CT molecular complexity index is 519. The zero-order valence-corrected chi connectivity index (χ0v) is 13.4. The van der Waals surface area contributed by atoms with E-state index < -0.39 is 10.0 Å². The molecule has 1 aliphatic rings. The minimum Gasteiger partial charge on any atom is -0.373 e. The van der Waals surface area contributed by atoms with Crippen molar-refractivity contribution >= 4 is 33.0 Å². The highest BCUT2D eigenvalue weighted by Crippen LogP contribution is 2.27. The molecule has 19 heavy (non-hydrogen) atoms. The van der Waals surface area contributed by atoms with Crippen LogP contribution >= 0.6 is 22.9 Å². The lowest BCUT2D eigenvalue weighted by Crippen LogP contribution is -2.47. The molecule has 1 aromatic rings. The number of alkyl halides is 1. The highest BCUT2D eigenvalue weighted by molar-refractivity contribution is 7.91. The monoisotopic (exact) mass is 323 g/mol. The molecule has 2 rings (SSSR count). The first-order chi connectivity index (χ1) is 8.93. The molecule has 0 radical (unpaired) electrons. The van der Waals surface area contributed by atoms with Crippen molar-refractivity contribution in [1.29, 1.82) is 0 Å². The minimum absolute atomic E-state index is 0.0687. The lowest BCUT2D eigenvalue weighted by atomic mass is 10.3. The molecular formula is C12H18ClNO3S2. The summed E-state index contributed by atoms with van der Waals surface area (Å²) in [4.78, 5) is 1.00. The number of rotatable bonds is 4. The standard InChI is InChI=1S/C12H18ClNO3S2/c1-9-7-14(8-10(2)17-9)19(15,16)12-4-3-11(18-12)5-6-13/h3-4,9-10H,5-8H2,1-2H3/t9-,10+. The second kappa shape index (κ2) is 6.10. The van der Waals surface area contributed by atoms with Crippen LogP contribution in [0.25, 0.3) is 0 Å². The molecule has 0 saturated carbocycles. The summed E-state index contributed by atoms with van der Waals surface area (Å²) < 4.78 is 32.6. The summed E-state index contributed by atoms with van der Waals surface area (Å²) in [5.74, 6) is 0.506. The third kappa shape index (κ3) is 3.49. The average molecular weight is 324 g/mol. The molecule has 0 amide bonds. The molecule has 108 valence electrons. The fourth-order valence-electron chi connectivity index (χ4n) is 2.18. The average Bonchev–Trinajstić information content (AvgIpc) is 2.77. The van der Waals surface area contributed by atoms with E-state index in [-0.39, 0.29) is 12.2 Å². The number of morpholine rings is 1. The van der Waals surface area contributed by atoms with Gasteiger partial charge in [0.15, 0.2) is 0 Å². The predicted octanol–water partition coefficient (Wildman–Crippen LogP) is 2.33. The van der Waals surface area contributed by atoms with Gasteiger partial charge in [0.1, 0.15) is 4.21 Å². The van der Waals surface area contributed by atoms with Gasteiger partial charge in [0.2, 0.25) is 0 Å². The van der Waals surface area contributed by atoms with Crippen molar-refractivity contribution in [2.24, 2.45) is 0 Å². The van der Waals surface area contributed by atoms with Crippen molar-refractivity contribution in [3.8, 4) is 0 Å². The molecule has 1 aromatic heterocycles. The second-order valence-electron chi connectivity index (χ2n) is 4.74. The van der Waals surface area contributed by atoms with E-state index >= 15 is 0 Å². The highest BCUT2D eigenvalue weighted by atomic mass is 35.5. The Labute approximate surface area is 123 Å². The number of aryl methyl sites for hydroxylation is 1. The predicted molar refractivity (Wildman–Crippen MR) is 77.5 cm³/mol. The molecule has 1 saturated heterocycles. The van der Waals surface area contributed by atoms with E-state index in [2.05, 4.69) is 0 Å². The van der Waals surface area contributed by atoms with Crippen molar-refractivity contribution in [1.82, 2.24) is 4.31 Å². The molecule has 1 fully saturated rings. The molecular weight excluding hydrogens is 306 g/mol. The van der Waals surface area contributed by atoms with Gasteiger partial charge in [-0.3, -0.25) is 0 Å². The Morgan fingerprint density at radius 3 is 2.58 bits per heavy atom. The zero-order chi connectivity index (χ0) is 14.0. The van der Waals surface area contributed by atoms with Crippen molar-refractivity contribution in [2.75, 3.05) is 19.0 Å². The summed E-state index contributed by atoms with van der Waals surface area (Å²) in [6.07, 6.45) is 0.569. The first kappa shape index (κ1) is 15.3. The Kier molecular flexibility index (Phi) is 4.89. The Hall–Kier alpha value is -0.140. The quantitative estimate of drug-likeness (QED) is 0.799. The lowest BCUT2D eigenvalue weighted by molar-refractivity contribution is -0.0440. The molecule has 7 heteroatoms. The molecule has 1 aliphatic heterocycles. The van der Waals surface area contributed by atoms with Gasteiger partial charge in [0, 0.05) is 23.8 Å². The molecule has 0 aromatic carbocycles. The van der Waals surface area contributed by atoms with Gasteiger partial charge in [-0.2, -0.15) is 4.31 Å². The van der Waals surface area contributed by atoms with Gasteiger partial charge in [0.25, 0.3) is 10.0 Å². The van der Waals surface area contributed by atoms with Crippen LogP contribution in [0.4, 0.5) is 0 Å². The molecule has 0 aliphatic carbocycles. The molecule has 0 spiro atoms. The first-order valence-electron chi connectivity index (χ1n) is 6.23. The largest absolute Gasteiger partial charge is 0.373 e. The number of thiophene rings is 1. The smallest absolute Gasteiger partial charge is 0.252 e. The summed E-state index contributed by atoms with van der Waals surface area (Å²) in [7, 11) is -3.40. The van der Waals surface area contributed by atoms with Crippen LogP contribution in [-0.4, -0.2) is 43.9 Å². The van der Waals surface area contributed by atoms with E-state index in [0.717, 1.165) is 4.88 Å². The molecule has 4 nitrogen and oxygen atoms in total. The fraction of sp³-hybridized carbons (Fsp3) is 0.667.